The maximum atomic E-state index is 11.8. The Labute approximate surface area is 99.9 Å². The van der Waals surface area contributed by atoms with E-state index in [1.165, 1.54) is 0 Å². The Morgan fingerprint density at radius 1 is 1.35 bits per heavy atom. The van der Waals surface area contributed by atoms with E-state index in [-0.39, 0.29) is 23.5 Å². The number of nitrogen functional groups attached to an aromatic ring is 1. The van der Waals surface area contributed by atoms with E-state index in [4.69, 9.17) is 5.73 Å². The lowest BCUT2D eigenvalue weighted by molar-refractivity contribution is 0.0942. The number of sulfone groups is 1. The molecule has 1 aliphatic rings. The van der Waals surface area contributed by atoms with E-state index in [2.05, 4.69) is 5.32 Å². The van der Waals surface area contributed by atoms with Crippen LogP contribution < -0.4 is 11.1 Å². The van der Waals surface area contributed by atoms with Gasteiger partial charge in [0.2, 0.25) is 0 Å². The quantitative estimate of drug-likeness (QED) is 0.737. The average Bonchev–Trinajstić information content (AvgIpc) is 2.58. The van der Waals surface area contributed by atoms with Crippen LogP contribution in [0.25, 0.3) is 0 Å². The van der Waals surface area contributed by atoms with E-state index in [0.717, 1.165) is 0 Å². The summed E-state index contributed by atoms with van der Waals surface area (Å²) in [5.41, 5.74) is 6.45. The first-order valence-corrected chi connectivity index (χ1v) is 7.16. The van der Waals surface area contributed by atoms with Gasteiger partial charge >= 0.3 is 0 Å². The summed E-state index contributed by atoms with van der Waals surface area (Å²) in [4.78, 5) is 11.8. The number of carbonyl (C=O) groups excluding carboxylic acids is 1. The third-order valence-corrected chi connectivity index (χ3v) is 4.54. The predicted octanol–water partition coefficient (Wildman–Crippen LogP) is 0.186. The summed E-state index contributed by atoms with van der Waals surface area (Å²) in [6, 6.07) is 6.42. The van der Waals surface area contributed by atoms with Crippen LogP contribution in [0.1, 0.15) is 16.8 Å². The lowest BCUT2D eigenvalue weighted by atomic mass is 10.1. The van der Waals surface area contributed by atoms with Gasteiger partial charge < -0.3 is 11.1 Å². The summed E-state index contributed by atoms with van der Waals surface area (Å²) in [7, 11) is -2.98. The highest BCUT2D eigenvalue weighted by Crippen LogP contribution is 2.14. The highest BCUT2D eigenvalue weighted by molar-refractivity contribution is 7.91. The van der Waals surface area contributed by atoms with Gasteiger partial charge in [0.15, 0.2) is 9.84 Å². The summed E-state index contributed by atoms with van der Waals surface area (Å²) in [6.07, 6.45) is 0.473. The number of rotatable bonds is 2. The van der Waals surface area contributed by atoms with Crippen molar-refractivity contribution >= 4 is 21.4 Å². The number of benzene rings is 1. The SMILES string of the molecule is Nc1ccccc1C(=O)NC1CCS(=O)(=O)C1. The van der Waals surface area contributed by atoms with Crippen molar-refractivity contribution < 1.29 is 13.2 Å². The topological polar surface area (TPSA) is 89.3 Å². The molecule has 1 aromatic carbocycles. The Kier molecular flexibility index (Phi) is 3.06. The van der Waals surface area contributed by atoms with Crippen molar-refractivity contribution in [2.75, 3.05) is 17.2 Å². The maximum Gasteiger partial charge on any atom is 0.253 e. The summed E-state index contributed by atoms with van der Waals surface area (Å²) < 4.78 is 22.5. The van der Waals surface area contributed by atoms with E-state index >= 15 is 0 Å². The van der Waals surface area contributed by atoms with Gasteiger partial charge in [-0.05, 0) is 18.6 Å². The van der Waals surface area contributed by atoms with Crippen molar-refractivity contribution in [2.45, 2.75) is 12.5 Å². The molecule has 1 heterocycles. The van der Waals surface area contributed by atoms with Crippen LogP contribution in [0.2, 0.25) is 0 Å². The van der Waals surface area contributed by atoms with Gasteiger partial charge in [-0.15, -0.1) is 0 Å². The largest absolute Gasteiger partial charge is 0.398 e. The molecule has 1 amide bonds. The van der Waals surface area contributed by atoms with Crippen LogP contribution in [-0.2, 0) is 9.84 Å². The van der Waals surface area contributed by atoms with Crippen molar-refractivity contribution in [1.29, 1.82) is 0 Å². The molecule has 0 saturated carbocycles. The number of para-hydroxylation sites is 1. The predicted molar refractivity (Wildman–Crippen MR) is 65.4 cm³/mol. The van der Waals surface area contributed by atoms with Gasteiger partial charge in [0, 0.05) is 11.7 Å². The Balaban J connectivity index is 2.06. The lowest BCUT2D eigenvalue weighted by Gasteiger charge is -2.11. The van der Waals surface area contributed by atoms with Crippen LogP contribution in [0.15, 0.2) is 24.3 Å². The number of carbonyl (C=O) groups is 1. The van der Waals surface area contributed by atoms with Crippen LogP contribution in [-0.4, -0.2) is 31.9 Å². The molecule has 5 nitrogen and oxygen atoms in total. The first-order chi connectivity index (χ1) is 7.98. The van der Waals surface area contributed by atoms with E-state index in [1.807, 2.05) is 0 Å². The second-order valence-corrected chi connectivity index (χ2v) is 6.39. The third-order valence-electron chi connectivity index (χ3n) is 2.77. The van der Waals surface area contributed by atoms with Crippen LogP contribution in [0.4, 0.5) is 5.69 Å². The van der Waals surface area contributed by atoms with Gasteiger partial charge in [-0.3, -0.25) is 4.79 Å². The first kappa shape index (κ1) is 11.9. The molecule has 2 rings (SSSR count). The summed E-state index contributed by atoms with van der Waals surface area (Å²) in [5.74, 6) is -0.154. The zero-order chi connectivity index (χ0) is 12.5. The monoisotopic (exact) mass is 254 g/mol. The van der Waals surface area contributed by atoms with Gasteiger partial charge in [-0.25, -0.2) is 8.42 Å². The number of hydrogen-bond acceptors (Lipinski definition) is 4. The standard InChI is InChI=1S/C11H14N2O3S/c12-10-4-2-1-3-9(10)11(14)13-8-5-6-17(15,16)7-8/h1-4,8H,5-7,12H2,(H,13,14). The molecule has 0 radical (unpaired) electrons. The number of nitrogens with one attached hydrogen (secondary N) is 1. The van der Waals surface area contributed by atoms with Crippen molar-refractivity contribution in [3.8, 4) is 0 Å². The molecule has 0 aromatic heterocycles. The van der Waals surface area contributed by atoms with E-state index in [9.17, 15) is 13.2 Å². The van der Waals surface area contributed by atoms with Crippen molar-refractivity contribution in [3.63, 3.8) is 0 Å². The number of hydrogen-bond donors (Lipinski definition) is 2. The molecule has 6 heteroatoms. The fourth-order valence-corrected chi connectivity index (χ4v) is 3.55. The highest BCUT2D eigenvalue weighted by Gasteiger charge is 2.29. The third kappa shape index (κ3) is 2.76. The molecule has 0 bridgehead atoms. The van der Waals surface area contributed by atoms with Crippen LogP contribution in [0.3, 0.4) is 0 Å². The normalized spacial score (nSPS) is 22.2. The number of anilines is 1. The molecule has 1 unspecified atom stereocenters. The fourth-order valence-electron chi connectivity index (χ4n) is 1.88. The molecular weight excluding hydrogens is 240 g/mol. The van der Waals surface area contributed by atoms with Gasteiger partial charge in [0.25, 0.3) is 5.91 Å². The van der Waals surface area contributed by atoms with E-state index in [0.29, 0.717) is 17.7 Å². The molecule has 17 heavy (non-hydrogen) atoms. The first-order valence-electron chi connectivity index (χ1n) is 5.34. The number of amides is 1. The fraction of sp³-hybridized carbons (Fsp3) is 0.364. The molecule has 0 spiro atoms. The Morgan fingerprint density at radius 2 is 2.06 bits per heavy atom. The maximum absolute atomic E-state index is 11.8. The van der Waals surface area contributed by atoms with Gasteiger partial charge in [-0.2, -0.15) is 0 Å². The second kappa shape index (κ2) is 4.37. The van der Waals surface area contributed by atoms with Crippen LogP contribution in [0, 0.1) is 0 Å². The van der Waals surface area contributed by atoms with Crippen LogP contribution in [0.5, 0.6) is 0 Å². The summed E-state index contributed by atoms with van der Waals surface area (Å²) in [5, 5.41) is 2.69. The minimum Gasteiger partial charge on any atom is -0.398 e. The smallest absolute Gasteiger partial charge is 0.253 e. The van der Waals surface area contributed by atoms with E-state index < -0.39 is 9.84 Å². The highest BCUT2D eigenvalue weighted by atomic mass is 32.2. The van der Waals surface area contributed by atoms with Crippen molar-refractivity contribution in [1.82, 2.24) is 5.32 Å². The number of nitrogens with two attached hydrogens (primary N) is 1. The molecule has 1 fully saturated rings. The molecule has 92 valence electrons. The van der Waals surface area contributed by atoms with Crippen molar-refractivity contribution in [2.24, 2.45) is 0 Å². The van der Waals surface area contributed by atoms with Crippen molar-refractivity contribution in [3.05, 3.63) is 29.8 Å². The molecule has 1 aromatic rings. The zero-order valence-corrected chi connectivity index (χ0v) is 10.0. The summed E-state index contributed by atoms with van der Waals surface area (Å²) in [6.45, 7) is 0. The molecule has 0 aliphatic carbocycles. The molecule has 1 aliphatic heterocycles. The minimum absolute atomic E-state index is 0.0193. The minimum atomic E-state index is -2.98. The molecular formula is C11H14N2O3S. The second-order valence-electron chi connectivity index (χ2n) is 4.16. The van der Waals surface area contributed by atoms with Gasteiger partial charge in [0.05, 0.1) is 17.1 Å². The Morgan fingerprint density at radius 3 is 2.65 bits per heavy atom. The lowest BCUT2D eigenvalue weighted by Crippen LogP contribution is -2.35. The average molecular weight is 254 g/mol. The zero-order valence-electron chi connectivity index (χ0n) is 9.22. The molecule has 1 atom stereocenters. The van der Waals surface area contributed by atoms with E-state index in [1.54, 1.807) is 24.3 Å². The summed E-state index contributed by atoms with van der Waals surface area (Å²) >= 11 is 0. The Bertz CT molecular complexity index is 539. The van der Waals surface area contributed by atoms with Gasteiger partial charge in [-0.1, -0.05) is 12.1 Å². The van der Waals surface area contributed by atoms with Gasteiger partial charge in [0.1, 0.15) is 0 Å². The molecule has 3 N–H and O–H groups in total. The molecule has 1 saturated heterocycles. The Hall–Kier alpha value is -1.56. The van der Waals surface area contributed by atoms with Crippen LogP contribution >= 0.6 is 0 Å².